The molecule has 2 atom stereocenters. The van der Waals surface area contributed by atoms with Crippen molar-refractivity contribution < 1.29 is 14.6 Å². The number of amides is 2. The molecule has 0 fully saturated rings. The van der Waals surface area contributed by atoms with Crippen LogP contribution in [-0.4, -0.2) is 55.2 Å². The number of halogens is 1. The van der Waals surface area contributed by atoms with Crippen molar-refractivity contribution in [1.29, 1.82) is 0 Å². The van der Waals surface area contributed by atoms with Gasteiger partial charge in [0.25, 0.3) is 0 Å². The molecule has 1 aliphatic heterocycles. The Kier molecular flexibility index (Phi) is 6.37. The van der Waals surface area contributed by atoms with E-state index in [-0.39, 0.29) is 25.2 Å². The Labute approximate surface area is 140 Å². The van der Waals surface area contributed by atoms with Gasteiger partial charge in [0, 0.05) is 29.8 Å². The fraction of sp³-hybridized carbons (Fsp3) is 0.533. The average molecular weight is 345 g/mol. The molecule has 1 aliphatic rings. The summed E-state index contributed by atoms with van der Waals surface area (Å²) in [4.78, 5) is 14.9. The molecule has 1 aromatic rings. The minimum absolute atomic E-state index is 0.0514. The number of methoxy groups -OCH3 is 1. The lowest BCUT2D eigenvalue weighted by molar-refractivity contribution is 0.0487. The fourth-order valence-corrected chi connectivity index (χ4v) is 3.70. The number of nitrogens with one attached hydrogen (secondary N) is 1. The number of benzene rings is 1. The van der Waals surface area contributed by atoms with Crippen LogP contribution in [0.15, 0.2) is 23.1 Å². The Balaban J connectivity index is 1.99. The summed E-state index contributed by atoms with van der Waals surface area (Å²) >= 11 is 7.84. The first-order valence-electron chi connectivity index (χ1n) is 7.12. The molecule has 2 unspecified atom stereocenters. The highest BCUT2D eigenvalue weighted by Crippen LogP contribution is 2.37. The first kappa shape index (κ1) is 17.4. The number of aliphatic hydroxyl groups is 1. The van der Waals surface area contributed by atoms with Crippen LogP contribution in [0.25, 0.3) is 0 Å². The third-order valence-electron chi connectivity index (χ3n) is 3.50. The number of urea groups is 1. The van der Waals surface area contributed by atoms with Crippen molar-refractivity contribution in [2.45, 2.75) is 23.5 Å². The van der Waals surface area contributed by atoms with Crippen molar-refractivity contribution in [1.82, 2.24) is 10.2 Å². The van der Waals surface area contributed by atoms with Crippen LogP contribution < -0.4 is 5.32 Å². The van der Waals surface area contributed by atoms with Gasteiger partial charge in [-0.25, -0.2) is 4.79 Å². The van der Waals surface area contributed by atoms with Gasteiger partial charge in [-0.05, 0) is 30.2 Å². The summed E-state index contributed by atoms with van der Waals surface area (Å²) in [5.41, 5.74) is 1.06. The molecule has 7 heteroatoms. The quantitative estimate of drug-likeness (QED) is 0.861. The van der Waals surface area contributed by atoms with E-state index in [1.165, 1.54) is 12.0 Å². The Morgan fingerprint density at radius 3 is 3.14 bits per heavy atom. The molecule has 0 bridgehead atoms. The van der Waals surface area contributed by atoms with E-state index in [0.717, 1.165) is 22.6 Å². The molecule has 0 spiro atoms. The summed E-state index contributed by atoms with van der Waals surface area (Å²) in [6.07, 6.45) is 0.169. The minimum atomic E-state index is -0.690. The van der Waals surface area contributed by atoms with Crippen molar-refractivity contribution in [3.63, 3.8) is 0 Å². The molecule has 0 aromatic heterocycles. The third kappa shape index (κ3) is 4.52. The Morgan fingerprint density at radius 2 is 2.41 bits per heavy atom. The summed E-state index contributed by atoms with van der Waals surface area (Å²) in [7, 11) is 3.17. The summed E-state index contributed by atoms with van der Waals surface area (Å²) in [6, 6.07) is 5.51. The molecule has 22 heavy (non-hydrogen) atoms. The van der Waals surface area contributed by atoms with E-state index in [2.05, 4.69) is 5.32 Å². The maximum atomic E-state index is 12.3. The van der Waals surface area contributed by atoms with Crippen LogP contribution in [0.5, 0.6) is 0 Å². The lowest BCUT2D eigenvalue weighted by Gasteiger charge is -2.29. The molecule has 122 valence electrons. The van der Waals surface area contributed by atoms with Gasteiger partial charge in [0.05, 0.1) is 25.3 Å². The number of aliphatic hydroxyl groups excluding tert-OH is 1. The largest absolute Gasteiger partial charge is 0.389 e. The number of carbonyl (C=O) groups excluding carboxylic acids is 1. The van der Waals surface area contributed by atoms with Gasteiger partial charge in [-0.15, -0.1) is 11.8 Å². The molecule has 1 heterocycles. The molecule has 0 saturated carbocycles. The molecule has 1 aromatic carbocycles. The average Bonchev–Trinajstić information content (AvgIpc) is 2.48. The lowest BCUT2D eigenvalue weighted by Crippen LogP contribution is -2.44. The minimum Gasteiger partial charge on any atom is -0.389 e. The van der Waals surface area contributed by atoms with Gasteiger partial charge in [-0.1, -0.05) is 11.6 Å². The molecule has 2 rings (SSSR count). The molecule has 5 nitrogen and oxygen atoms in total. The summed E-state index contributed by atoms with van der Waals surface area (Å²) in [6.45, 7) is 0.430. The second-order valence-corrected chi connectivity index (χ2v) is 6.88. The van der Waals surface area contributed by atoms with Crippen molar-refractivity contribution in [2.24, 2.45) is 0 Å². The second kappa shape index (κ2) is 8.06. The molecule has 0 radical (unpaired) electrons. The normalized spacial score (nSPS) is 18.5. The van der Waals surface area contributed by atoms with Gasteiger partial charge < -0.3 is 20.1 Å². The van der Waals surface area contributed by atoms with E-state index in [1.807, 2.05) is 18.2 Å². The highest BCUT2D eigenvalue weighted by molar-refractivity contribution is 7.99. The molecule has 0 aliphatic carbocycles. The SMILES string of the molecule is COCC(O)CN(C)C(=O)NC1CCSc2ccc(Cl)cc21. The summed E-state index contributed by atoms with van der Waals surface area (Å²) in [5, 5.41) is 13.4. The topological polar surface area (TPSA) is 61.8 Å². The van der Waals surface area contributed by atoms with Crippen LogP contribution in [0, 0.1) is 0 Å². The van der Waals surface area contributed by atoms with Crippen molar-refractivity contribution in [2.75, 3.05) is 33.1 Å². The molecule has 0 saturated heterocycles. The predicted molar refractivity (Wildman–Crippen MR) is 88.6 cm³/mol. The Bertz CT molecular complexity index is 530. The highest BCUT2D eigenvalue weighted by atomic mass is 35.5. The van der Waals surface area contributed by atoms with Crippen LogP contribution in [0.2, 0.25) is 5.02 Å². The number of nitrogens with zero attached hydrogens (tertiary/aromatic N) is 1. The van der Waals surface area contributed by atoms with E-state index >= 15 is 0 Å². The van der Waals surface area contributed by atoms with Gasteiger partial charge in [0.1, 0.15) is 0 Å². The van der Waals surface area contributed by atoms with E-state index in [0.29, 0.717) is 5.02 Å². The maximum Gasteiger partial charge on any atom is 0.317 e. The summed E-state index contributed by atoms with van der Waals surface area (Å²) in [5.74, 6) is 0.954. The monoisotopic (exact) mass is 344 g/mol. The molecular formula is C15H21ClN2O3S. The zero-order valence-corrected chi connectivity index (χ0v) is 14.3. The van der Waals surface area contributed by atoms with E-state index in [4.69, 9.17) is 16.3 Å². The maximum absolute atomic E-state index is 12.3. The summed E-state index contributed by atoms with van der Waals surface area (Å²) < 4.78 is 4.87. The first-order valence-corrected chi connectivity index (χ1v) is 8.48. The number of carbonyl (C=O) groups is 1. The van der Waals surface area contributed by atoms with Gasteiger partial charge in [0.15, 0.2) is 0 Å². The lowest BCUT2D eigenvalue weighted by atomic mass is 10.0. The van der Waals surface area contributed by atoms with Gasteiger partial charge >= 0.3 is 6.03 Å². The van der Waals surface area contributed by atoms with E-state index < -0.39 is 6.10 Å². The van der Waals surface area contributed by atoms with Crippen LogP contribution in [0.1, 0.15) is 18.0 Å². The van der Waals surface area contributed by atoms with Gasteiger partial charge in [0.2, 0.25) is 0 Å². The van der Waals surface area contributed by atoms with Crippen LogP contribution in [-0.2, 0) is 4.74 Å². The zero-order valence-electron chi connectivity index (χ0n) is 12.7. The van der Waals surface area contributed by atoms with E-state index in [1.54, 1.807) is 18.8 Å². The van der Waals surface area contributed by atoms with Crippen molar-refractivity contribution in [3.05, 3.63) is 28.8 Å². The zero-order chi connectivity index (χ0) is 16.1. The number of ether oxygens (including phenoxy) is 1. The third-order valence-corrected chi connectivity index (χ3v) is 4.86. The van der Waals surface area contributed by atoms with Crippen LogP contribution >= 0.6 is 23.4 Å². The standard InChI is InChI=1S/C15H21ClN2O3S/c1-18(8-11(19)9-21-2)15(20)17-13-5-6-22-14-4-3-10(16)7-12(13)14/h3-4,7,11,13,19H,5-6,8-9H2,1-2H3,(H,17,20). The molecular weight excluding hydrogens is 324 g/mol. The number of hydrogen-bond acceptors (Lipinski definition) is 4. The number of rotatable bonds is 5. The van der Waals surface area contributed by atoms with Crippen molar-refractivity contribution in [3.8, 4) is 0 Å². The Hall–Kier alpha value is -0.950. The van der Waals surface area contributed by atoms with Crippen molar-refractivity contribution >= 4 is 29.4 Å². The second-order valence-electron chi connectivity index (χ2n) is 5.31. The molecule has 2 amide bonds. The number of thioether (sulfide) groups is 1. The highest BCUT2D eigenvalue weighted by Gasteiger charge is 2.24. The van der Waals surface area contributed by atoms with E-state index in [9.17, 15) is 9.90 Å². The van der Waals surface area contributed by atoms with Gasteiger partial charge in [-0.2, -0.15) is 0 Å². The number of hydrogen-bond donors (Lipinski definition) is 2. The van der Waals surface area contributed by atoms with Gasteiger partial charge in [-0.3, -0.25) is 0 Å². The predicted octanol–water partition coefficient (Wildman–Crippen LogP) is 2.53. The van der Waals surface area contributed by atoms with Crippen LogP contribution in [0.4, 0.5) is 4.79 Å². The van der Waals surface area contributed by atoms with Crippen LogP contribution in [0.3, 0.4) is 0 Å². The molecule has 2 N–H and O–H groups in total. The smallest absolute Gasteiger partial charge is 0.317 e. The number of fused-ring (bicyclic) bond motifs is 1. The fourth-order valence-electron chi connectivity index (χ4n) is 2.42. The Morgan fingerprint density at radius 1 is 1.64 bits per heavy atom. The number of likely N-dealkylation sites (N-methyl/N-ethyl adjacent to an activating group) is 1. The first-order chi connectivity index (χ1) is 10.5.